The highest BCUT2D eigenvalue weighted by molar-refractivity contribution is 14.1. The Kier molecular flexibility index (Phi) is 7.30. The highest BCUT2D eigenvalue weighted by atomic mass is 127. The summed E-state index contributed by atoms with van der Waals surface area (Å²) in [4.78, 5) is 11.7. The molecule has 3 nitrogen and oxygen atoms in total. The number of nitrogens with one attached hydrogen (secondary N) is 1. The molecule has 90 valence electrons. The molecule has 0 bridgehead atoms. The number of nitrogens with two attached hydrogens (primary N) is 1. The second-order valence-corrected chi connectivity index (χ2v) is 4.89. The van der Waals surface area contributed by atoms with Crippen molar-refractivity contribution in [1.29, 1.82) is 0 Å². The Hall–Kier alpha value is -0.0400. The Bertz CT molecular complexity index is 374. The number of hydrogen-bond acceptors (Lipinski definition) is 2. The third-order valence-electron chi connectivity index (χ3n) is 1.90. The molecule has 0 heterocycles. The molecule has 0 aliphatic heterocycles. The first-order valence-corrected chi connectivity index (χ1v) is 5.96. The fourth-order valence-corrected chi connectivity index (χ4v) is 1.73. The minimum absolute atomic E-state index is 0. The molecule has 1 amide bonds. The second kappa shape index (κ2) is 7.32. The van der Waals surface area contributed by atoms with E-state index in [0.717, 1.165) is 3.57 Å². The standard InChI is InChI=1S/C10H12ClIN2O.ClH/c1-6(5-13)14-10(15)8-4-7(12)2-3-9(8)11;/h2-4,6H,5,13H2,1H3,(H,14,15);1H/t6-;/m0./s1. The van der Waals surface area contributed by atoms with Crippen LogP contribution < -0.4 is 11.1 Å². The largest absolute Gasteiger partial charge is 0.348 e. The number of carbonyl (C=O) groups is 1. The average Bonchev–Trinajstić information content (AvgIpc) is 2.21. The SMILES string of the molecule is C[C@@H](CN)NC(=O)c1cc(I)ccc1Cl.Cl. The Morgan fingerprint density at radius 2 is 2.25 bits per heavy atom. The van der Waals surface area contributed by atoms with Crippen molar-refractivity contribution >= 4 is 52.5 Å². The Morgan fingerprint density at radius 1 is 1.62 bits per heavy atom. The zero-order chi connectivity index (χ0) is 11.4. The summed E-state index contributed by atoms with van der Waals surface area (Å²) in [6.45, 7) is 2.26. The van der Waals surface area contributed by atoms with Gasteiger partial charge in [0, 0.05) is 16.2 Å². The van der Waals surface area contributed by atoms with Crippen molar-refractivity contribution in [1.82, 2.24) is 5.32 Å². The predicted molar refractivity (Wildman–Crippen MR) is 77.4 cm³/mol. The van der Waals surface area contributed by atoms with Crippen LogP contribution in [0.15, 0.2) is 18.2 Å². The lowest BCUT2D eigenvalue weighted by Crippen LogP contribution is -2.37. The van der Waals surface area contributed by atoms with E-state index in [9.17, 15) is 4.79 Å². The normalized spacial score (nSPS) is 11.5. The zero-order valence-electron chi connectivity index (χ0n) is 8.67. The molecule has 16 heavy (non-hydrogen) atoms. The summed E-state index contributed by atoms with van der Waals surface area (Å²) in [5, 5.41) is 3.22. The maximum Gasteiger partial charge on any atom is 0.253 e. The summed E-state index contributed by atoms with van der Waals surface area (Å²) < 4.78 is 0.975. The molecule has 0 fully saturated rings. The summed E-state index contributed by atoms with van der Waals surface area (Å²) >= 11 is 8.06. The van der Waals surface area contributed by atoms with Gasteiger partial charge in [0.2, 0.25) is 0 Å². The monoisotopic (exact) mass is 374 g/mol. The van der Waals surface area contributed by atoms with Gasteiger partial charge in [0.15, 0.2) is 0 Å². The van der Waals surface area contributed by atoms with Gasteiger partial charge < -0.3 is 11.1 Å². The summed E-state index contributed by atoms with van der Waals surface area (Å²) in [7, 11) is 0. The van der Waals surface area contributed by atoms with E-state index in [4.69, 9.17) is 17.3 Å². The molecule has 1 atom stereocenters. The lowest BCUT2D eigenvalue weighted by molar-refractivity contribution is 0.0941. The van der Waals surface area contributed by atoms with Gasteiger partial charge in [0.1, 0.15) is 0 Å². The van der Waals surface area contributed by atoms with Crippen LogP contribution in [-0.2, 0) is 0 Å². The fraction of sp³-hybridized carbons (Fsp3) is 0.300. The Morgan fingerprint density at radius 3 is 2.81 bits per heavy atom. The van der Waals surface area contributed by atoms with Crippen molar-refractivity contribution in [3.05, 3.63) is 32.4 Å². The quantitative estimate of drug-likeness (QED) is 0.798. The van der Waals surface area contributed by atoms with Crippen LogP contribution in [0.3, 0.4) is 0 Å². The van der Waals surface area contributed by atoms with Crippen molar-refractivity contribution < 1.29 is 4.79 Å². The van der Waals surface area contributed by atoms with E-state index < -0.39 is 0 Å². The first-order chi connectivity index (χ1) is 7.04. The van der Waals surface area contributed by atoms with Gasteiger partial charge in [0.05, 0.1) is 10.6 Å². The van der Waals surface area contributed by atoms with Gasteiger partial charge >= 0.3 is 0 Å². The molecule has 0 spiro atoms. The molecule has 6 heteroatoms. The molecular weight excluding hydrogens is 362 g/mol. The van der Waals surface area contributed by atoms with Crippen LogP contribution in [0.2, 0.25) is 5.02 Å². The van der Waals surface area contributed by atoms with E-state index in [1.54, 1.807) is 12.1 Å². The highest BCUT2D eigenvalue weighted by Gasteiger charge is 2.12. The van der Waals surface area contributed by atoms with E-state index in [1.165, 1.54) is 0 Å². The fourth-order valence-electron chi connectivity index (χ4n) is 1.03. The first kappa shape index (κ1) is 16.0. The number of halogens is 3. The predicted octanol–water partition coefficient (Wildman–Crippen LogP) is 2.44. The highest BCUT2D eigenvalue weighted by Crippen LogP contribution is 2.18. The second-order valence-electron chi connectivity index (χ2n) is 3.23. The van der Waals surface area contributed by atoms with Gasteiger partial charge in [-0.25, -0.2) is 0 Å². The third kappa shape index (κ3) is 4.45. The minimum atomic E-state index is -0.184. The lowest BCUT2D eigenvalue weighted by atomic mass is 10.2. The van der Waals surface area contributed by atoms with E-state index in [-0.39, 0.29) is 24.4 Å². The molecular formula is C10H13Cl2IN2O. The van der Waals surface area contributed by atoms with Crippen LogP contribution >= 0.6 is 46.6 Å². The van der Waals surface area contributed by atoms with E-state index >= 15 is 0 Å². The molecule has 0 saturated carbocycles. The van der Waals surface area contributed by atoms with Crippen LogP contribution in [0.5, 0.6) is 0 Å². The molecule has 1 aromatic rings. The van der Waals surface area contributed by atoms with Gasteiger partial charge in [-0.1, -0.05) is 11.6 Å². The number of carbonyl (C=O) groups excluding carboxylic acids is 1. The average molecular weight is 375 g/mol. The molecule has 0 aromatic heterocycles. The number of amides is 1. The van der Waals surface area contributed by atoms with Crippen LogP contribution in [-0.4, -0.2) is 18.5 Å². The molecule has 0 radical (unpaired) electrons. The summed E-state index contributed by atoms with van der Waals surface area (Å²) in [5.41, 5.74) is 5.91. The van der Waals surface area contributed by atoms with Crippen molar-refractivity contribution in [2.24, 2.45) is 5.73 Å². The zero-order valence-corrected chi connectivity index (χ0v) is 12.4. The van der Waals surface area contributed by atoms with Crippen molar-refractivity contribution in [2.45, 2.75) is 13.0 Å². The molecule has 1 aromatic carbocycles. The molecule has 0 saturated heterocycles. The maximum absolute atomic E-state index is 11.7. The van der Waals surface area contributed by atoms with E-state index in [2.05, 4.69) is 27.9 Å². The first-order valence-electron chi connectivity index (χ1n) is 4.50. The molecule has 3 N–H and O–H groups in total. The van der Waals surface area contributed by atoms with Crippen molar-refractivity contribution in [2.75, 3.05) is 6.54 Å². The minimum Gasteiger partial charge on any atom is -0.348 e. The van der Waals surface area contributed by atoms with Crippen molar-refractivity contribution in [3.8, 4) is 0 Å². The van der Waals surface area contributed by atoms with Gasteiger partial charge in [-0.2, -0.15) is 0 Å². The van der Waals surface area contributed by atoms with E-state index in [1.807, 2.05) is 13.0 Å². The Balaban J connectivity index is 0.00000225. The smallest absolute Gasteiger partial charge is 0.253 e. The summed E-state index contributed by atoms with van der Waals surface area (Å²) in [5.74, 6) is -0.184. The third-order valence-corrected chi connectivity index (χ3v) is 2.90. The van der Waals surface area contributed by atoms with Gasteiger partial charge in [-0.15, -0.1) is 12.4 Å². The van der Waals surface area contributed by atoms with E-state index in [0.29, 0.717) is 17.1 Å². The topological polar surface area (TPSA) is 55.1 Å². The number of benzene rings is 1. The molecule has 1 rings (SSSR count). The number of rotatable bonds is 3. The molecule has 0 aliphatic carbocycles. The van der Waals surface area contributed by atoms with Gasteiger partial charge in [0.25, 0.3) is 5.91 Å². The number of hydrogen-bond donors (Lipinski definition) is 2. The van der Waals surface area contributed by atoms with Crippen LogP contribution in [0.1, 0.15) is 17.3 Å². The van der Waals surface area contributed by atoms with Gasteiger partial charge in [-0.3, -0.25) is 4.79 Å². The summed E-state index contributed by atoms with van der Waals surface area (Å²) in [6, 6.07) is 5.27. The van der Waals surface area contributed by atoms with Crippen LogP contribution in [0, 0.1) is 3.57 Å². The molecule has 0 unspecified atom stereocenters. The van der Waals surface area contributed by atoms with Gasteiger partial charge in [-0.05, 0) is 47.7 Å². The van der Waals surface area contributed by atoms with Crippen LogP contribution in [0.4, 0.5) is 0 Å². The Labute approximate surface area is 120 Å². The maximum atomic E-state index is 11.7. The van der Waals surface area contributed by atoms with Crippen LogP contribution in [0.25, 0.3) is 0 Å². The lowest BCUT2D eigenvalue weighted by Gasteiger charge is -2.12. The van der Waals surface area contributed by atoms with Crippen molar-refractivity contribution in [3.63, 3.8) is 0 Å². The summed E-state index contributed by atoms with van der Waals surface area (Å²) in [6.07, 6.45) is 0. The molecule has 0 aliphatic rings.